The fraction of sp³-hybridized carbons (Fsp3) is 0.238. The van der Waals surface area contributed by atoms with Gasteiger partial charge < -0.3 is 20.2 Å². The molecule has 1 aliphatic heterocycles. The van der Waals surface area contributed by atoms with Crippen molar-refractivity contribution in [3.63, 3.8) is 0 Å². The third-order valence-electron chi connectivity index (χ3n) is 5.14. The Kier molecular flexibility index (Phi) is 4.94. The first-order chi connectivity index (χ1) is 13.9. The number of carbonyl (C=O) groups is 1. The van der Waals surface area contributed by atoms with Crippen LogP contribution in [0.5, 0.6) is 11.5 Å². The van der Waals surface area contributed by atoms with Crippen LogP contribution >= 0.6 is 11.6 Å². The summed E-state index contributed by atoms with van der Waals surface area (Å²) in [5.41, 5.74) is 3.20. The number of benzene rings is 2. The SMILES string of the molecule is Cc1cc(O)c(-c2n[nH]c3c2[C@H](c2cccc(O)c2)N(CCCO)C3=O)cc1Cl. The van der Waals surface area contributed by atoms with E-state index in [9.17, 15) is 20.1 Å². The largest absolute Gasteiger partial charge is 0.508 e. The summed E-state index contributed by atoms with van der Waals surface area (Å²) in [5.74, 6) is -0.160. The van der Waals surface area contributed by atoms with E-state index >= 15 is 0 Å². The molecular formula is C21H20ClN3O4. The zero-order chi connectivity index (χ0) is 20.7. The smallest absolute Gasteiger partial charge is 0.273 e. The van der Waals surface area contributed by atoms with Crippen molar-refractivity contribution in [2.45, 2.75) is 19.4 Å². The maximum atomic E-state index is 13.0. The van der Waals surface area contributed by atoms with Crippen molar-refractivity contribution in [1.29, 1.82) is 0 Å². The van der Waals surface area contributed by atoms with Gasteiger partial charge in [0.1, 0.15) is 22.9 Å². The number of nitrogens with one attached hydrogen (secondary N) is 1. The van der Waals surface area contributed by atoms with E-state index in [1.807, 2.05) is 6.07 Å². The molecule has 2 aromatic carbocycles. The minimum atomic E-state index is -0.524. The van der Waals surface area contributed by atoms with Crippen LogP contribution in [-0.2, 0) is 0 Å². The Bertz CT molecular complexity index is 1100. The first-order valence-electron chi connectivity index (χ1n) is 9.21. The number of nitrogens with zero attached hydrogens (tertiary/aromatic N) is 2. The Morgan fingerprint density at radius 1 is 1.24 bits per heavy atom. The highest BCUT2D eigenvalue weighted by atomic mass is 35.5. The lowest BCUT2D eigenvalue weighted by molar-refractivity contribution is 0.0732. The summed E-state index contributed by atoms with van der Waals surface area (Å²) in [6.07, 6.45) is 0.412. The number of aliphatic hydroxyl groups is 1. The monoisotopic (exact) mass is 413 g/mol. The third-order valence-corrected chi connectivity index (χ3v) is 5.55. The van der Waals surface area contributed by atoms with Crippen LogP contribution in [0.15, 0.2) is 36.4 Å². The normalized spacial score (nSPS) is 15.8. The number of aryl methyl sites for hydroxylation is 1. The van der Waals surface area contributed by atoms with Gasteiger partial charge in [-0.2, -0.15) is 5.10 Å². The Morgan fingerprint density at radius 3 is 2.76 bits per heavy atom. The van der Waals surface area contributed by atoms with Crippen molar-refractivity contribution < 1.29 is 20.1 Å². The van der Waals surface area contributed by atoms with Gasteiger partial charge in [-0.15, -0.1) is 0 Å². The summed E-state index contributed by atoms with van der Waals surface area (Å²) in [6, 6.07) is 9.34. The molecule has 0 radical (unpaired) electrons. The molecule has 1 aliphatic rings. The number of halogens is 1. The van der Waals surface area contributed by atoms with Crippen molar-refractivity contribution in [2.24, 2.45) is 0 Å². The number of carbonyl (C=O) groups excluding carboxylic acids is 1. The summed E-state index contributed by atoms with van der Waals surface area (Å²) in [6.45, 7) is 2.07. The van der Waals surface area contributed by atoms with E-state index in [0.29, 0.717) is 46.1 Å². The van der Waals surface area contributed by atoms with Gasteiger partial charge in [0.25, 0.3) is 5.91 Å². The van der Waals surface area contributed by atoms with E-state index in [1.54, 1.807) is 42.2 Å². The molecule has 0 bridgehead atoms. The molecular weight excluding hydrogens is 394 g/mol. The molecule has 0 unspecified atom stereocenters. The van der Waals surface area contributed by atoms with Crippen molar-refractivity contribution in [3.05, 3.63) is 63.8 Å². The maximum Gasteiger partial charge on any atom is 0.273 e. The fourth-order valence-electron chi connectivity index (χ4n) is 3.77. The number of fused-ring (bicyclic) bond motifs is 1. The third kappa shape index (κ3) is 3.22. The molecule has 1 amide bonds. The second-order valence-electron chi connectivity index (χ2n) is 7.05. The van der Waals surface area contributed by atoms with Crippen molar-refractivity contribution in [3.8, 4) is 22.8 Å². The number of phenols is 2. The van der Waals surface area contributed by atoms with Crippen LogP contribution in [0.25, 0.3) is 11.3 Å². The van der Waals surface area contributed by atoms with E-state index in [-0.39, 0.29) is 24.0 Å². The first kappa shape index (κ1) is 19.3. The molecule has 4 rings (SSSR count). The van der Waals surface area contributed by atoms with Crippen LogP contribution in [0.2, 0.25) is 5.02 Å². The lowest BCUT2D eigenvalue weighted by Gasteiger charge is -2.26. The highest BCUT2D eigenvalue weighted by Gasteiger charge is 2.42. The Morgan fingerprint density at radius 2 is 2.03 bits per heavy atom. The van der Waals surface area contributed by atoms with E-state index in [0.717, 1.165) is 5.56 Å². The molecule has 4 N–H and O–H groups in total. The number of hydrogen-bond acceptors (Lipinski definition) is 5. The first-order valence-corrected chi connectivity index (χ1v) is 9.58. The van der Waals surface area contributed by atoms with Crippen molar-refractivity contribution in [2.75, 3.05) is 13.2 Å². The molecule has 0 fully saturated rings. The van der Waals surface area contributed by atoms with Gasteiger partial charge in [-0.3, -0.25) is 9.89 Å². The lowest BCUT2D eigenvalue weighted by atomic mass is 9.95. The number of amides is 1. The van der Waals surface area contributed by atoms with Gasteiger partial charge in [0.15, 0.2) is 0 Å². The number of hydrogen-bond donors (Lipinski definition) is 4. The molecule has 3 aromatic rings. The molecule has 1 aromatic heterocycles. The van der Waals surface area contributed by atoms with Crippen LogP contribution in [0, 0.1) is 6.92 Å². The van der Waals surface area contributed by atoms with Gasteiger partial charge in [0.2, 0.25) is 0 Å². The average molecular weight is 414 g/mol. The van der Waals surface area contributed by atoms with Gasteiger partial charge in [0.05, 0.1) is 6.04 Å². The van der Waals surface area contributed by atoms with Crippen molar-refractivity contribution >= 4 is 17.5 Å². The maximum absolute atomic E-state index is 13.0. The number of aromatic hydroxyl groups is 2. The van der Waals surface area contributed by atoms with E-state index < -0.39 is 6.04 Å². The standard InChI is InChI=1S/C21H20ClN3O4/c1-11-8-16(28)14(10-15(11)22)18-17-19(24-23-18)21(29)25(6-3-7-26)20(17)12-4-2-5-13(27)9-12/h2,4-5,8-10,20,26-28H,3,6-7H2,1H3,(H,23,24)/t20-/m0/s1. The molecule has 1 atom stereocenters. The summed E-state index contributed by atoms with van der Waals surface area (Å²) < 4.78 is 0. The number of aromatic nitrogens is 2. The number of aliphatic hydroxyl groups excluding tert-OH is 1. The zero-order valence-electron chi connectivity index (χ0n) is 15.7. The summed E-state index contributed by atoms with van der Waals surface area (Å²) in [5, 5.41) is 37.3. The number of phenolic OH excluding ortho intramolecular Hbond substituents is 2. The number of rotatable bonds is 5. The average Bonchev–Trinajstić information content (AvgIpc) is 3.22. The summed E-state index contributed by atoms with van der Waals surface area (Å²) >= 11 is 6.27. The molecule has 150 valence electrons. The van der Waals surface area contributed by atoms with Gasteiger partial charge >= 0.3 is 0 Å². The Labute approximate surface area is 172 Å². The van der Waals surface area contributed by atoms with Gasteiger partial charge in [-0.05, 0) is 48.7 Å². The molecule has 0 spiro atoms. The van der Waals surface area contributed by atoms with E-state index in [2.05, 4.69) is 10.2 Å². The Hall–Kier alpha value is -3.03. The molecule has 0 saturated carbocycles. The molecule has 7 nitrogen and oxygen atoms in total. The lowest BCUT2D eigenvalue weighted by Crippen LogP contribution is -2.31. The number of H-pyrrole nitrogens is 1. The van der Waals surface area contributed by atoms with Crippen LogP contribution in [0.1, 0.15) is 39.6 Å². The van der Waals surface area contributed by atoms with E-state index in [1.165, 1.54) is 0 Å². The molecule has 0 aliphatic carbocycles. The molecule has 29 heavy (non-hydrogen) atoms. The highest BCUT2D eigenvalue weighted by molar-refractivity contribution is 6.31. The number of aromatic amines is 1. The summed E-state index contributed by atoms with van der Waals surface area (Å²) in [7, 11) is 0. The van der Waals surface area contributed by atoms with Crippen molar-refractivity contribution in [1.82, 2.24) is 15.1 Å². The Balaban J connectivity index is 1.91. The molecule has 8 heteroatoms. The second kappa shape index (κ2) is 7.42. The molecule has 2 heterocycles. The minimum Gasteiger partial charge on any atom is -0.508 e. The highest BCUT2D eigenvalue weighted by Crippen LogP contribution is 2.45. The van der Waals surface area contributed by atoms with Crippen LogP contribution in [0.4, 0.5) is 0 Å². The predicted molar refractivity (Wildman–Crippen MR) is 108 cm³/mol. The van der Waals surface area contributed by atoms with E-state index in [4.69, 9.17) is 11.6 Å². The molecule has 0 saturated heterocycles. The van der Waals surface area contributed by atoms with Crippen LogP contribution in [0.3, 0.4) is 0 Å². The zero-order valence-corrected chi connectivity index (χ0v) is 16.4. The van der Waals surface area contributed by atoms with Gasteiger partial charge in [-0.1, -0.05) is 23.7 Å². The minimum absolute atomic E-state index is 0.0112. The van der Waals surface area contributed by atoms with Gasteiger partial charge in [-0.25, -0.2) is 0 Å². The second-order valence-corrected chi connectivity index (χ2v) is 7.46. The summed E-state index contributed by atoms with van der Waals surface area (Å²) in [4.78, 5) is 14.7. The van der Waals surface area contributed by atoms with Crippen LogP contribution in [-0.4, -0.2) is 49.5 Å². The van der Waals surface area contributed by atoms with Gasteiger partial charge in [0, 0.05) is 29.3 Å². The van der Waals surface area contributed by atoms with Crippen LogP contribution < -0.4 is 0 Å². The predicted octanol–water partition coefficient (Wildman–Crippen LogP) is 3.38. The topological polar surface area (TPSA) is 110 Å². The fourth-order valence-corrected chi connectivity index (χ4v) is 3.93. The quantitative estimate of drug-likeness (QED) is 0.512.